The average molecular weight is 528 g/mol. The highest BCUT2D eigenvalue weighted by molar-refractivity contribution is 6.40. The van der Waals surface area contributed by atoms with Crippen LogP contribution in [0.1, 0.15) is 12.8 Å². The third-order valence-corrected chi connectivity index (χ3v) is 6.70. The lowest BCUT2D eigenvalue weighted by Gasteiger charge is -2.17. The first-order valence-corrected chi connectivity index (χ1v) is 11.9. The minimum atomic E-state index is -0.0864. The molecule has 1 amide bonds. The highest BCUT2D eigenvalue weighted by Gasteiger charge is 2.23. The molecule has 4 heterocycles. The third kappa shape index (κ3) is 4.49. The van der Waals surface area contributed by atoms with Crippen molar-refractivity contribution in [2.24, 2.45) is 12.0 Å². The zero-order chi connectivity index (χ0) is 25.4. The monoisotopic (exact) mass is 527 g/mol. The zero-order valence-corrected chi connectivity index (χ0v) is 21.3. The van der Waals surface area contributed by atoms with Crippen LogP contribution in [0.3, 0.4) is 0 Å². The van der Waals surface area contributed by atoms with E-state index in [0.717, 1.165) is 5.56 Å². The minimum absolute atomic E-state index is 0.0186. The second-order valence-electron chi connectivity index (χ2n) is 8.34. The van der Waals surface area contributed by atoms with Gasteiger partial charge in [0.05, 0.1) is 32.3 Å². The van der Waals surface area contributed by atoms with Gasteiger partial charge in [-0.3, -0.25) is 14.5 Å². The smallest absolute Gasteiger partial charge is 0.220 e. The first-order chi connectivity index (χ1) is 17.4. The van der Waals surface area contributed by atoms with E-state index in [4.69, 9.17) is 42.7 Å². The van der Waals surface area contributed by atoms with E-state index in [1.54, 1.807) is 23.1 Å². The van der Waals surface area contributed by atoms with Crippen molar-refractivity contribution in [2.75, 3.05) is 14.2 Å². The number of amides is 1. The number of pyridine rings is 1. The van der Waals surface area contributed by atoms with Gasteiger partial charge < -0.3 is 19.4 Å². The van der Waals surface area contributed by atoms with E-state index >= 15 is 0 Å². The molecule has 5 rings (SSSR count). The number of fused-ring (bicyclic) bond motifs is 1. The molecule has 1 unspecified atom stereocenters. The van der Waals surface area contributed by atoms with E-state index in [9.17, 15) is 4.79 Å². The van der Waals surface area contributed by atoms with Crippen molar-refractivity contribution in [2.45, 2.75) is 25.4 Å². The van der Waals surface area contributed by atoms with E-state index in [1.165, 1.54) is 14.2 Å². The van der Waals surface area contributed by atoms with Crippen LogP contribution in [0.2, 0.25) is 10.0 Å². The molecule has 1 aliphatic heterocycles. The highest BCUT2D eigenvalue weighted by Crippen LogP contribution is 2.45. The van der Waals surface area contributed by atoms with Gasteiger partial charge in [-0.2, -0.15) is 5.10 Å². The Bertz CT molecular complexity index is 1520. The number of hydrogen-bond donors (Lipinski definition) is 1. The van der Waals surface area contributed by atoms with Gasteiger partial charge in [0, 0.05) is 43.9 Å². The summed E-state index contributed by atoms with van der Waals surface area (Å²) in [5, 5.41) is 7.75. The first-order valence-electron chi connectivity index (χ1n) is 11.2. The van der Waals surface area contributed by atoms with Crippen LogP contribution in [-0.4, -0.2) is 50.5 Å². The molecule has 1 aliphatic rings. The van der Waals surface area contributed by atoms with Crippen LogP contribution in [0.25, 0.3) is 22.4 Å². The maximum absolute atomic E-state index is 11.9. The fourth-order valence-corrected chi connectivity index (χ4v) is 4.73. The number of halogens is 2. The molecule has 12 heteroatoms. The Balaban J connectivity index is 1.75. The lowest BCUT2D eigenvalue weighted by atomic mass is 10.2. The molecule has 0 bridgehead atoms. The van der Waals surface area contributed by atoms with Gasteiger partial charge in [0.25, 0.3) is 0 Å². The first kappa shape index (κ1) is 24.1. The molecule has 0 spiro atoms. The number of aromatic nitrogens is 5. The van der Waals surface area contributed by atoms with Crippen molar-refractivity contribution >= 4 is 46.0 Å². The van der Waals surface area contributed by atoms with Crippen LogP contribution in [0.15, 0.2) is 41.8 Å². The molecule has 1 fully saturated rings. The summed E-state index contributed by atoms with van der Waals surface area (Å²) in [6.07, 6.45) is 6.48. The van der Waals surface area contributed by atoms with Crippen LogP contribution in [0, 0.1) is 0 Å². The molecule has 1 atom stereocenters. The van der Waals surface area contributed by atoms with Gasteiger partial charge in [-0.25, -0.2) is 9.98 Å². The average Bonchev–Trinajstić information content (AvgIpc) is 3.50. The quantitative estimate of drug-likeness (QED) is 0.409. The maximum atomic E-state index is 11.9. The summed E-state index contributed by atoms with van der Waals surface area (Å²) >= 11 is 13.2. The Kier molecular flexibility index (Phi) is 6.55. The van der Waals surface area contributed by atoms with Crippen molar-refractivity contribution in [3.8, 4) is 22.8 Å². The lowest BCUT2D eigenvalue weighted by molar-refractivity contribution is -0.119. The van der Waals surface area contributed by atoms with Crippen LogP contribution in [0.5, 0.6) is 11.5 Å². The van der Waals surface area contributed by atoms with Gasteiger partial charge >= 0.3 is 0 Å². The molecule has 36 heavy (non-hydrogen) atoms. The second-order valence-corrected chi connectivity index (χ2v) is 9.10. The molecule has 1 N–H and O–H groups in total. The molecule has 10 nitrogen and oxygen atoms in total. The number of ether oxygens (including phenoxy) is 2. The molecule has 0 aliphatic carbocycles. The van der Waals surface area contributed by atoms with Crippen LogP contribution in [-0.2, 0) is 18.4 Å². The molecule has 0 radical (unpaired) electrons. The standard InChI is InChI=1S/C24H23Cl2N7O3/c1-32-11-13(9-28-32)16-10-27-15-5-6-19(33(24(15)30-16)12-14-4-7-20(34)29-14)31-23-21(25)17(35-2)8-18(36-3)22(23)26/h5-6,8-11,14H,4,7,12H2,1-3H3,(H,29,34)/b31-19+. The Morgan fingerprint density at radius 1 is 1.17 bits per heavy atom. The van der Waals surface area contributed by atoms with Gasteiger partial charge in [-0.1, -0.05) is 23.2 Å². The van der Waals surface area contributed by atoms with Gasteiger partial charge in [-0.05, 0) is 18.6 Å². The van der Waals surface area contributed by atoms with Crippen molar-refractivity contribution in [3.05, 3.63) is 52.3 Å². The predicted molar refractivity (Wildman–Crippen MR) is 136 cm³/mol. The third-order valence-electron chi connectivity index (χ3n) is 5.97. The number of carbonyl (C=O) groups excluding carboxylic acids is 1. The van der Waals surface area contributed by atoms with Gasteiger partial charge in [0.1, 0.15) is 38.2 Å². The summed E-state index contributed by atoms with van der Waals surface area (Å²) in [5.74, 6) is 0.779. The Labute approximate surface area is 216 Å². The van der Waals surface area contributed by atoms with Crippen LogP contribution in [0.4, 0.5) is 5.69 Å². The van der Waals surface area contributed by atoms with Gasteiger partial charge in [-0.15, -0.1) is 0 Å². The summed E-state index contributed by atoms with van der Waals surface area (Å²) in [5.41, 5.74) is 3.59. The number of methoxy groups -OCH3 is 2. The molecule has 4 aromatic rings. The summed E-state index contributed by atoms with van der Waals surface area (Å²) in [4.78, 5) is 26.2. The maximum Gasteiger partial charge on any atom is 0.220 e. The lowest BCUT2D eigenvalue weighted by Crippen LogP contribution is -2.34. The molecule has 1 aromatic carbocycles. The van der Waals surface area contributed by atoms with E-state index in [2.05, 4.69) is 15.4 Å². The summed E-state index contributed by atoms with van der Waals surface area (Å²) in [6.45, 7) is 0.434. The highest BCUT2D eigenvalue weighted by atomic mass is 35.5. The number of nitrogens with zero attached hydrogens (tertiary/aromatic N) is 6. The van der Waals surface area contributed by atoms with Gasteiger partial charge in [0.2, 0.25) is 5.91 Å². The van der Waals surface area contributed by atoms with E-state index in [0.29, 0.717) is 58.9 Å². The molecule has 186 valence electrons. The van der Waals surface area contributed by atoms with Crippen molar-refractivity contribution in [1.29, 1.82) is 0 Å². The summed E-state index contributed by atoms with van der Waals surface area (Å²) in [6, 6.07) is 5.17. The largest absolute Gasteiger partial charge is 0.495 e. The predicted octanol–water partition coefficient (Wildman–Crippen LogP) is 3.67. The molecule has 3 aromatic heterocycles. The summed E-state index contributed by atoms with van der Waals surface area (Å²) in [7, 11) is 4.85. The molecule has 0 saturated carbocycles. The Morgan fingerprint density at radius 3 is 2.53 bits per heavy atom. The molecular weight excluding hydrogens is 505 g/mol. The van der Waals surface area contributed by atoms with E-state index in [1.807, 2.05) is 29.9 Å². The normalized spacial score (nSPS) is 16.0. The molecule has 1 saturated heterocycles. The summed E-state index contributed by atoms with van der Waals surface area (Å²) < 4.78 is 14.4. The van der Waals surface area contributed by atoms with Crippen LogP contribution >= 0.6 is 23.2 Å². The van der Waals surface area contributed by atoms with E-state index in [-0.39, 0.29) is 22.0 Å². The number of hydrogen-bond acceptors (Lipinski definition) is 7. The SMILES string of the molecule is COc1cc(OC)c(Cl)c(/N=c2\ccc3ncc(-c4cnn(C)c4)nc3n2CC2CCC(=O)N2)c1Cl. The van der Waals surface area contributed by atoms with Crippen molar-refractivity contribution in [1.82, 2.24) is 29.6 Å². The minimum Gasteiger partial charge on any atom is -0.495 e. The number of aryl methyl sites for hydroxylation is 1. The molecular formula is C24H23Cl2N7O3. The Hall–Kier alpha value is -3.63. The van der Waals surface area contributed by atoms with Gasteiger partial charge in [0.15, 0.2) is 5.65 Å². The Morgan fingerprint density at radius 2 is 1.92 bits per heavy atom. The number of carbonyl (C=O) groups is 1. The second kappa shape index (κ2) is 9.79. The zero-order valence-electron chi connectivity index (χ0n) is 19.8. The van der Waals surface area contributed by atoms with Crippen molar-refractivity contribution < 1.29 is 14.3 Å². The topological polar surface area (TPSA) is 108 Å². The number of nitrogens with one attached hydrogen (secondary N) is 1. The van der Waals surface area contributed by atoms with Crippen LogP contribution < -0.4 is 20.3 Å². The van der Waals surface area contributed by atoms with E-state index < -0.39 is 0 Å². The number of benzene rings is 1. The van der Waals surface area contributed by atoms with Crippen molar-refractivity contribution in [3.63, 3.8) is 0 Å². The number of rotatable bonds is 6. The fraction of sp³-hybridized carbons (Fsp3) is 0.292. The fourth-order valence-electron chi connectivity index (χ4n) is 4.15.